The van der Waals surface area contributed by atoms with Gasteiger partial charge in [0.15, 0.2) is 0 Å². The zero-order valence-corrected chi connectivity index (χ0v) is 12.9. The van der Waals surface area contributed by atoms with Crippen molar-refractivity contribution in [3.05, 3.63) is 59.4 Å². The van der Waals surface area contributed by atoms with Gasteiger partial charge in [0.25, 0.3) is 5.91 Å². The van der Waals surface area contributed by atoms with Crippen LogP contribution in [-0.2, 0) is 9.59 Å². The molecule has 2 aliphatic rings. The van der Waals surface area contributed by atoms with Gasteiger partial charge in [-0.25, -0.2) is 0 Å². The molecule has 0 spiro atoms. The number of carbonyl (C=O) groups excluding carboxylic acids is 2. The van der Waals surface area contributed by atoms with E-state index in [1.165, 1.54) is 5.57 Å². The van der Waals surface area contributed by atoms with Gasteiger partial charge in [-0.05, 0) is 31.8 Å². The first-order valence-electron chi connectivity index (χ1n) is 7.60. The molecule has 0 aromatic heterocycles. The van der Waals surface area contributed by atoms with E-state index < -0.39 is 0 Å². The second-order valence-electron chi connectivity index (χ2n) is 5.39. The molecular formula is C18H22N2O2. The van der Waals surface area contributed by atoms with Crippen LogP contribution in [0.1, 0.15) is 25.7 Å². The Morgan fingerprint density at radius 3 is 2.86 bits per heavy atom. The van der Waals surface area contributed by atoms with Crippen molar-refractivity contribution in [2.75, 3.05) is 13.6 Å². The maximum atomic E-state index is 12.0. The molecule has 1 N–H and O–H groups in total. The zero-order valence-electron chi connectivity index (χ0n) is 12.9. The summed E-state index contributed by atoms with van der Waals surface area (Å²) in [6.45, 7) is 0.844. The summed E-state index contributed by atoms with van der Waals surface area (Å²) in [7, 11) is 1.98. The molecule has 0 saturated heterocycles. The third-order valence-corrected chi connectivity index (χ3v) is 3.84. The fraction of sp³-hybridized carbons (Fsp3) is 0.333. The van der Waals surface area contributed by atoms with Crippen molar-refractivity contribution in [3.63, 3.8) is 0 Å². The minimum Gasteiger partial charge on any atom is -0.374 e. The van der Waals surface area contributed by atoms with Crippen LogP contribution in [0.5, 0.6) is 0 Å². The van der Waals surface area contributed by atoms with Gasteiger partial charge in [-0.3, -0.25) is 14.9 Å². The Morgan fingerprint density at radius 2 is 2.14 bits per heavy atom. The maximum Gasteiger partial charge on any atom is 0.259 e. The van der Waals surface area contributed by atoms with E-state index in [-0.39, 0.29) is 5.91 Å². The molecule has 116 valence electrons. The Balaban J connectivity index is 2.05. The van der Waals surface area contributed by atoms with Gasteiger partial charge in [0.1, 0.15) is 0 Å². The number of rotatable bonds is 6. The Morgan fingerprint density at radius 1 is 1.32 bits per heavy atom. The zero-order chi connectivity index (χ0) is 15.8. The lowest BCUT2D eigenvalue weighted by atomic mass is 10.0. The Labute approximate surface area is 131 Å². The van der Waals surface area contributed by atoms with Crippen molar-refractivity contribution >= 4 is 12.3 Å². The second kappa shape index (κ2) is 8.17. The van der Waals surface area contributed by atoms with Crippen molar-refractivity contribution in [1.29, 1.82) is 0 Å². The molecule has 0 saturated carbocycles. The van der Waals surface area contributed by atoms with Crippen molar-refractivity contribution in [1.82, 2.24) is 10.2 Å². The van der Waals surface area contributed by atoms with Gasteiger partial charge >= 0.3 is 0 Å². The molecule has 0 radical (unpaired) electrons. The molecule has 22 heavy (non-hydrogen) atoms. The van der Waals surface area contributed by atoms with E-state index in [4.69, 9.17) is 0 Å². The first kappa shape index (κ1) is 16.0. The molecule has 0 aromatic carbocycles. The van der Waals surface area contributed by atoms with Gasteiger partial charge in [0, 0.05) is 19.3 Å². The van der Waals surface area contributed by atoms with Crippen molar-refractivity contribution < 1.29 is 9.59 Å². The normalized spacial score (nSPS) is 17.0. The maximum absolute atomic E-state index is 12.0. The number of carbonyl (C=O) groups is 2. The third-order valence-electron chi connectivity index (χ3n) is 3.84. The van der Waals surface area contributed by atoms with Crippen LogP contribution in [0.4, 0.5) is 0 Å². The largest absolute Gasteiger partial charge is 0.374 e. The average Bonchev–Trinajstić information content (AvgIpc) is 2.80. The monoisotopic (exact) mass is 298 g/mol. The van der Waals surface area contributed by atoms with Gasteiger partial charge in [0.2, 0.25) is 6.41 Å². The summed E-state index contributed by atoms with van der Waals surface area (Å²) in [5, 5.41) is 2.22. The Bertz CT molecular complexity index is 580. The molecule has 0 fully saturated rings. The number of hydrogen-bond donors (Lipinski definition) is 1. The number of amides is 2. The van der Waals surface area contributed by atoms with Gasteiger partial charge in [-0.15, -0.1) is 0 Å². The number of allylic oxidation sites excluding steroid dienone is 7. The number of hydrogen-bond acceptors (Lipinski definition) is 3. The quantitative estimate of drug-likeness (QED) is 0.767. The number of nitrogens with one attached hydrogen (secondary N) is 1. The number of imide groups is 1. The molecule has 0 atom stereocenters. The molecular weight excluding hydrogens is 276 g/mol. The highest BCUT2D eigenvalue weighted by Gasteiger charge is 2.18. The summed E-state index contributed by atoms with van der Waals surface area (Å²) >= 11 is 0. The van der Waals surface area contributed by atoms with Crippen LogP contribution in [-0.4, -0.2) is 30.8 Å². The highest BCUT2D eigenvalue weighted by molar-refractivity contribution is 6.02. The molecule has 0 aromatic rings. The molecule has 2 amide bonds. The molecule has 4 heteroatoms. The van der Waals surface area contributed by atoms with E-state index in [0.717, 1.165) is 37.9 Å². The minimum atomic E-state index is -0.362. The summed E-state index contributed by atoms with van der Waals surface area (Å²) in [5.74, 6) is -0.362. The highest BCUT2D eigenvalue weighted by atomic mass is 16.2. The van der Waals surface area contributed by atoms with Crippen LogP contribution in [0, 0.1) is 0 Å². The van der Waals surface area contributed by atoms with E-state index in [0.29, 0.717) is 12.0 Å². The molecule has 0 heterocycles. The van der Waals surface area contributed by atoms with Crippen LogP contribution in [0.3, 0.4) is 0 Å². The van der Waals surface area contributed by atoms with Gasteiger partial charge in [-0.1, -0.05) is 42.0 Å². The summed E-state index contributed by atoms with van der Waals surface area (Å²) < 4.78 is 0. The third kappa shape index (κ3) is 4.32. The summed E-state index contributed by atoms with van der Waals surface area (Å²) in [5.41, 5.74) is 2.83. The van der Waals surface area contributed by atoms with E-state index in [1.807, 2.05) is 25.3 Å². The van der Waals surface area contributed by atoms with Crippen LogP contribution in [0.15, 0.2) is 59.4 Å². The number of nitrogens with zero attached hydrogens (tertiary/aromatic N) is 1. The summed E-state index contributed by atoms with van der Waals surface area (Å²) in [6, 6.07) is 0. The lowest BCUT2D eigenvalue weighted by Gasteiger charge is -2.24. The van der Waals surface area contributed by atoms with Crippen LogP contribution >= 0.6 is 0 Å². The van der Waals surface area contributed by atoms with Crippen molar-refractivity contribution in [2.24, 2.45) is 0 Å². The first-order chi connectivity index (χ1) is 10.7. The van der Waals surface area contributed by atoms with Crippen LogP contribution < -0.4 is 5.32 Å². The highest BCUT2D eigenvalue weighted by Crippen LogP contribution is 2.21. The average molecular weight is 298 g/mol. The minimum absolute atomic E-state index is 0.362. The van der Waals surface area contributed by atoms with Gasteiger partial charge in [0.05, 0.1) is 5.57 Å². The standard InChI is InChI=1S/C18H22N2O2/c1-20(13-12-15-8-4-2-5-9-15)17-11-7-3-6-10-16(17)18(22)19-14-21/h2-4,6,8,10-11,14H,5,7,9,12-13H2,1H3,(H,19,21,22). The second-order valence-corrected chi connectivity index (χ2v) is 5.39. The molecule has 4 nitrogen and oxygen atoms in total. The van der Waals surface area contributed by atoms with Gasteiger partial charge in [-0.2, -0.15) is 0 Å². The predicted octanol–water partition coefficient (Wildman–Crippen LogP) is 2.63. The fourth-order valence-corrected chi connectivity index (χ4v) is 2.60. The SMILES string of the molecule is CN(CCC1=CC=CCC1)C1=CCC=CC=C1C(=O)NC=O. The van der Waals surface area contributed by atoms with Crippen molar-refractivity contribution in [3.8, 4) is 0 Å². The topological polar surface area (TPSA) is 49.4 Å². The van der Waals surface area contributed by atoms with Crippen LogP contribution in [0.25, 0.3) is 0 Å². The molecule has 2 aliphatic carbocycles. The van der Waals surface area contributed by atoms with E-state index >= 15 is 0 Å². The Hall–Kier alpha value is -2.36. The number of likely N-dealkylation sites (N-methyl/N-ethyl adjacent to an activating group) is 1. The van der Waals surface area contributed by atoms with E-state index in [2.05, 4.69) is 28.4 Å². The summed E-state index contributed by atoms with van der Waals surface area (Å²) in [6.07, 6.45) is 18.5. The van der Waals surface area contributed by atoms with Gasteiger partial charge < -0.3 is 4.90 Å². The summed E-state index contributed by atoms with van der Waals surface area (Å²) in [4.78, 5) is 24.7. The molecule has 2 rings (SSSR count). The lowest BCUT2D eigenvalue weighted by molar-refractivity contribution is -0.122. The smallest absolute Gasteiger partial charge is 0.259 e. The van der Waals surface area contributed by atoms with E-state index in [1.54, 1.807) is 6.08 Å². The van der Waals surface area contributed by atoms with Crippen LogP contribution in [0.2, 0.25) is 0 Å². The van der Waals surface area contributed by atoms with Crippen molar-refractivity contribution in [2.45, 2.75) is 25.7 Å². The lowest BCUT2D eigenvalue weighted by Crippen LogP contribution is -2.29. The molecule has 0 unspecified atom stereocenters. The van der Waals surface area contributed by atoms with E-state index in [9.17, 15) is 9.59 Å². The molecule has 0 bridgehead atoms. The first-order valence-corrected chi connectivity index (χ1v) is 7.60. The fourth-order valence-electron chi connectivity index (χ4n) is 2.60. The Kier molecular flexibility index (Phi) is 5.95. The molecule has 0 aliphatic heterocycles. The predicted molar refractivity (Wildman–Crippen MR) is 87.8 cm³/mol.